The molecule has 0 aliphatic carbocycles. The highest BCUT2D eigenvalue weighted by molar-refractivity contribution is 5.85. The Labute approximate surface area is 125 Å². The zero-order chi connectivity index (χ0) is 14.8. The largest absolute Gasteiger partial charge is 0.573 e. The van der Waals surface area contributed by atoms with Crippen LogP contribution in [0.25, 0.3) is 0 Å². The topological polar surface area (TPSA) is 44.5 Å². The van der Waals surface area contributed by atoms with E-state index in [9.17, 15) is 17.6 Å². The zero-order valence-corrected chi connectivity index (χ0v) is 11.8. The lowest BCUT2D eigenvalue weighted by atomic mass is 9.87. The Morgan fingerprint density at radius 2 is 1.86 bits per heavy atom. The Hall–Kier alpha value is -1.05. The Kier molecular flexibility index (Phi) is 6.24. The van der Waals surface area contributed by atoms with Crippen LogP contribution in [0.3, 0.4) is 0 Å². The van der Waals surface area contributed by atoms with Gasteiger partial charge >= 0.3 is 6.36 Å². The van der Waals surface area contributed by atoms with Crippen LogP contribution in [0.4, 0.5) is 17.6 Å². The van der Waals surface area contributed by atoms with Crippen molar-refractivity contribution in [2.24, 2.45) is 11.7 Å². The second-order valence-electron chi connectivity index (χ2n) is 4.71. The Bertz CT molecular complexity index is 464. The molecule has 0 unspecified atom stereocenters. The van der Waals surface area contributed by atoms with Crippen molar-refractivity contribution < 1.29 is 27.0 Å². The fraction of sp³-hybridized carbons (Fsp3) is 0.538. The Morgan fingerprint density at radius 3 is 2.43 bits per heavy atom. The van der Waals surface area contributed by atoms with Crippen LogP contribution in [0.5, 0.6) is 5.75 Å². The molecule has 0 amide bonds. The molecule has 0 bridgehead atoms. The third-order valence-electron chi connectivity index (χ3n) is 3.33. The molecule has 0 saturated carbocycles. The van der Waals surface area contributed by atoms with Gasteiger partial charge in [0.05, 0.1) is 0 Å². The van der Waals surface area contributed by atoms with E-state index in [0.717, 1.165) is 18.2 Å². The summed E-state index contributed by atoms with van der Waals surface area (Å²) in [5, 5.41) is 0. The van der Waals surface area contributed by atoms with Crippen LogP contribution in [0, 0.1) is 11.7 Å². The fourth-order valence-electron chi connectivity index (χ4n) is 2.30. The molecule has 2 N–H and O–H groups in total. The normalized spacial score (nSPS) is 18.0. The molecule has 120 valence electrons. The van der Waals surface area contributed by atoms with E-state index in [1.54, 1.807) is 0 Å². The number of nitrogens with two attached hydrogens (primary N) is 1. The van der Waals surface area contributed by atoms with Crippen molar-refractivity contribution in [1.82, 2.24) is 0 Å². The first-order chi connectivity index (χ1) is 9.37. The molecule has 0 aromatic heterocycles. The number of ether oxygens (including phenoxy) is 2. The zero-order valence-electron chi connectivity index (χ0n) is 11.0. The first-order valence-corrected chi connectivity index (χ1v) is 6.25. The Balaban J connectivity index is 0.00000220. The summed E-state index contributed by atoms with van der Waals surface area (Å²) in [6, 6.07) is 2.22. The maximum Gasteiger partial charge on any atom is 0.573 e. The number of hydrogen-bond acceptors (Lipinski definition) is 3. The first-order valence-electron chi connectivity index (χ1n) is 6.25. The predicted octanol–water partition coefficient (Wildman–Crippen LogP) is 3.57. The second-order valence-corrected chi connectivity index (χ2v) is 4.71. The smallest absolute Gasteiger partial charge is 0.406 e. The van der Waals surface area contributed by atoms with Crippen molar-refractivity contribution in [3.05, 3.63) is 29.6 Å². The third kappa shape index (κ3) is 5.01. The van der Waals surface area contributed by atoms with Crippen LogP contribution in [-0.4, -0.2) is 19.6 Å². The molecule has 3 nitrogen and oxygen atoms in total. The van der Waals surface area contributed by atoms with E-state index in [1.165, 1.54) is 0 Å². The number of alkyl halides is 3. The molecular formula is C13H16ClF4NO2. The van der Waals surface area contributed by atoms with Gasteiger partial charge in [-0.25, -0.2) is 4.39 Å². The van der Waals surface area contributed by atoms with Gasteiger partial charge in [0.15, 0.2) is 0 Å². The van der Waals surface area contributed by atoms with E-state index >= 15 is 0 Å². The van der Waals surface area contributed by atoms with Crippen molar-refractivity contribution in [3.8, 4) is 5.75 Å². The highest BCUT2D eigenvalue weighted by Gasteiger charge is 2.32. The van der Waals surface area contributed by atoms with Crippen LogP contribution in [0.2, 0.25) is 0 Å². The van der Waals surface area contributed by atoms with Crippen LogP contribution in [0.15, 0.2) is 18.2 Å². The molecule has 21 heavy (non-hydrogen) atoms. The highest BCUT2D eigenvalue weighted by Crippen LogP contribution is 2.32. The molecule has 1 atom stereocenters. The monoisotopic (exact) mass is 329 g/mol. The van der Waals surface area contributed by atoms with Crippen molar-refractivity contribution in [2.45, 2.75) is 25.2 Å². The second kappa shape index (κ2) is 7.29. The Morgan fingerprint density at radius 1 is 1.24 bits per heavy atom. The quantitative estimate of drug-likeness (QED) is 0.862. The number of halogens is 5. The fourth-order valence-corrected chi connectivity index (χ4v) is 2.30. The lowest BCUT2D eigenvalue weighted by Gasteiger charge is -2.28. The van der Waals surface area contributed by atoms with Gasteiger partial charge in [-0.1, -0.05) is 0 Å². The lowest BCUT2D eigenvalue weighted by Crippen LogP contribution is -2.28. The summed E-state index contributed by atoms with van der Waals surface area (Å²) in [4.78, 5) is 0. The van der Waals surface area contributed by atoms with Crippen molar-refractivity contribution in [2.75, 3.05) is 13.2 Å². The van der Waals surface area contributed by atoms with Crippen LogP contribution < -0.4 is 10.5 Å². The standard InChI is InChI=1S/C13H15F4NO2.ClH/c14-11-2-1-9(20-13(15,16)17)7-10(11)12(18)8-3-5-19-6-4-8;/h1-2,7-8,12H,3-6,18H2;1H/t12-;/m1./s1. The van der Waals surface area contributed by atoms with Gasteiger partial charge in [0.1, 0.15) is 11.6 Å². The SMILES string of the molecule is Cl.N[C@@H](c1cc(OC(F)(F)F)ccc1F)C1CCOCC1. The summed E-state index contributed by atoms with van der Waals surface area (Å²) in [5.41, 5.74) is 6.01. The molecular weight excluding hydrogens is 314 g/mol. The van der Waals surface area contributed by atoms with Gasteiger partial charge in [-0.15, -0.1) is 25.6 Å². The molecule has 1 aliphatic rings. The van der Waals surface area contributed by atoms with Crippen molar-refractivity contribution >= 4 is 12.4 Å². The van der Waals surface area contributed by atoms with Crippen molar-refractivity contribution in [1.29, 1.82) is 0 Å². The molecule has 1 aromatic rings. The molecule has 1 aliphatic heterocycles. The van der Waals surface area contributed by atoms with Gasteiger partial charge in [0.25, 0.3) is 0 Å². The van der Waals surface area contributed by atoms with Gasteiger partial charge in [-0.2, -0.15) is 0 Å². The van der Waals surface area contributed by atoms with Gasteiger partial charge < -0.3 is 15.2 Å². The van der Waals surface area contributed by atoms with E-state index in [0.29, 0.717) is 26.1 Å². The van der Waals surface area contributed by atoms with Crippen LogP contribution in [-0.2, 0) is 4.74 Å². The lowest BCUT2D eigenvalue weighted by molar-refractivity contribution is -0.274. The van der Waals surface area contributed by atoms with Gasteiger partial charge in [-0.05, 0) is 37.0 Å². The maximum atomic E-state index is 13.8. The van der Waals surface area contributed by atoms with Gasteiger partial charge in [-0.3, -0.25) is 0 Å². The predicted molar refractivity (Wildman–Crippen MR) is 70.8 cm³/mol. The molecule has 1 fully saturated rings. The van der Waals surface area contributed by atoms with Gasteiger partial charge in [0.2, 0.25) is 0 Å². The van der Waals surface area contributed by atoms with Crippen LogP contribution >= 0.6 is 12.4 Å². The maximum absolute atomic E-state index is 13.8. The minimum absolute atomic E-state index is 0. The molecule has 2 rings (SSSR count). The summed E-state index contributed by atoms with van der Waals surface area (Å²) >= 11 is 0. The van der Waals surface area contributed by atoms with E-state index in [4.69, 9.17) is 10.5 Å². The highest BCUT2D eigenvalue weighted by atomic mass is 35.5. The molecule has 0 radical (unpaired) electrons. The van der Waals surface area contributed by atoms with Gasteiger partial charge in [0, 0.05) is 24.8 Å². The summed E-state index contributed by atoms with van der Waals surface area (Å²) < 4.78 is 59.2. The minimum Gasteiger partial charge on any atom is -0.406 e. The number of benzene rings is 1. The first kappa shape index (κ1) is 18.0. The average molecular weight is 330 g/mol. The summed E-state index contributed by atoms with van der Waals surface area (Å²) in [7, 11) is 0. The van der Waals surface area contributed by atoms with Crippen LogP contribution in [0.1, 0.15) is 24.4 Å². The number of rotatable bonds is 3. The van der Waals surface area contributed by atoms with E-state index in [1.807, 2.05) is 0 Å². The molecule has 1 saturated heterocycles. The summed E-state index contributed by atoms with van der Waals surface area (Å²) in [5.74, 6) is -1.10. The van der Waals surface area contributed by atoms with E-state index in [2.05, 4.69) is 4.74 Å². The number of hydrogen-bond donors (Lipinski definition) is 1. The molecule has 1 aromatic carbocycles. The van der Waals surface area contributed by atoms with Crippen molar-refractivity contribution in [3.63, 3.8) is 0 Å². The van der Waals surface area contributed by atoms with E-state index < -0.39 is 24.0 Å². The summed E-state index contributed by atoms with van der Waals surface area (Å²) in [6.07, 6.45) is -3.49. The third-order valence-corrected chi connectivity index (χ3v) is 3.33. The van der Waals surface area contributed by atoms with E-state index in [-0.39, 0.29) is 23.9 Å². The minimum atomic E-state index is -4.81. The molecule has 1 heterocycles. The molecule has 0 spiro atoms. The average Bonchev–Trinajstić information content (AvgIpc) is 2.40. The molecule has 8 heteroatoms. The summed E-state index contributed by atoms with van der Waals surface area (Å²) in [6.45, 7) is 1.05.